The zero-order valence-electron chi connectivity index (χ0n) is 9.76. The Morgan fingerprint density at radius 1 is 1.42 bits per heavy atom. The van der Waals surface area contributed by atoms with Crippen molar-refractivity contribution >= 4 is 11.4 Å². The van der Waals surface area contributed by atoms with E-state index in [0.29, 0.717) is 17.8 Å². The number of nitro benzene ring substituents is 1. The molecule has 0 unspecified atom stereocenters. The molecule has 2 aromatic rings. The SMILES string of the molecule is C[C@@H](Nc1c(F)cc([N+](=O)[O-])cc1F)c1ccon1. The van der Waals surface area contributed by atoms with E-state index in [9.17, 15) is 18.9 Å². The van der Waals surface area contributed by atoms with E-state index in [1.165, 1.54) is 6.26 Å². The number of hydrogen-bond acceptors (Lipinski definition) is 5. The fourth-order valence-corrected chi connectivity index (χ4v) is 1.54. The summed E-state index contributed by atoms with van der Waals surface area (Å²) in [6.45, 7) is 1.62. The van der Waals surface area contributed by atoms with Crippen molar-refractivity contribution < 1.29 is 18.2 Å². The molecule has 100 valence electrons. The van der Waals surface area contributed by atoms with Gasteiger partial charge in [0.25, 0.3) is 5.69 Å². The average Bonchev–Trinajstić information content (AvgIpc) is 2.86. The molecule has 0 radical (unpaired) electrons. The first kappa shape index (κ1) is 12.9. The maximum absolute atomic E-state index is 13.6. The van der Waals surface area contributed by atoms with Crippen molar-refractivity contribution in [3.05, 3.63) is 51.9 Å². The lowest BCUT2D eigenvalue weighted by molar-refractivity contribution is -0.385. The molecule has 0 aliphatic carbocycles. The first-order chi connectivity index (χ1) is 8.99. The predicted molar refractivity (Wildman–Crippen MR) is 61.6 cm³/mol. The molecule has 1 atom stereocenters. The minimum Gasteiger partial charge on any atom is -0.372 e. The van der Waals surface area contributed by atoms with Crippen LogP contribution in [0.4, 0.5) is 20.2 Å². The maximum Gasteiger partial charge on any atom is 0.275 e. The van der Waals surface area contributed by atoms with Gasteiger partial charge in [0.05, 0.1) is 23.1 Å². The molecule has 0 aliphatic heterocycles. The van der Waals surface area contributed by atoms with E-state index < -0.39 is 34.0 Å². The van der Waals surface area contributed by atoms with Gasteiger partial charge < -0.3 is 9.84 Å². The fraction of sp³-hybridized carbons (Fsp3) is 0.182. The second kappa shape index (κ2) is 5.01. The minimum atomic E-state index is -1.04. The third-order valence-electron chi connectivity index (χ3n) is 2.50. The summed E-state index contributed by atoms with van der Waals surface area (Å²) < 4.78 is 31.9. The quantitative estimate of drug-likeness (QED) is 0.681. The van der Waals surface area contributed by atoms with Crippen LogP contribution in [-0.4, -0.2) is 10.1 Å². The molecule has 2 rings (SSSR count). The summed E-state index contributed by atoms with van der Waals surface area (Å²) in [6, 6.07) is 2.34. The molecule has 0 saturated heterocycles. The number of nitro groups is 1. The first-order valence-corrected chi connectivity index (χ1v) is 5.29. The van der Waals surface area contributed by atoms with Crippen LogP contribution in [0.25, 0.3) is 0 Å². The van der Waals surface area contributed by atoms with E-state index in [1.54, 1.807) is 13.0 Å². The molecule has 6 nitrogen and oxygen atoms in total. The van der Waals surface area contributed by atoms with Crippen LogP contribution in [-0.2, 0) is 0 Å². The van der Waals surface area contributed by atoms with E-state index in [2.05, 4.69) is 15.0 Å². The van der Waals surface area contributed by atoms with Gasteiger partial charge in [-0.15, -0.1) is 0 Å². The van der Waals surface area contributed by atoms with E-state index in [4.69, 9.17) is 0 Å². The van der Waals surface area contributed by atoms with Gasteiger partial charge in [0.1, 0.15) is 17.6 Å². The highest BCUT2D eigenvalue weighted by Crippen LogP contribution is 2.27. The summed E-state index contributed by atoms with van der Waals surface area (Å²) in [5.41, 5.74) is -0.632. The van der Waals surface area contributed by atoms with Crippen LogP contribution in [0.2, 0.25) is 0 Å². The van der Waals surface area contributed by atoms with Crippen molar-refractivity contribution in [3.63, 3.8) is 0 Å². The Morgan fingerprint density at radius 2 is 2.05 bits per heavy atom. The molecule has 1 aromatic carbocycles. The first-order valence-electron chi connectivity index (χ1n) is 5.29. The van der Waals surface area contributed by atoms with Crippen LogP contribution in [0, 0.1) is 21.7 Å². The van der Waals surface area contributed by atoms with Crippen molar-refractivity contribution in [1.82, 2.24) is 5.16 Å². The molecular formula is C11H9F2N3O3. The van der Waals surface area contributed by atoms with E-state index >= 15 is 0 Å². The lowest BCUT2D eigenvalue weighted by Crippen LogP contribution is -2.10. The maximum atomic E-state index is 13.6. The fourth-order valence-electron chi connectivity index (χ4n) is 1.54. The van der Waals surface area contributed by atoms with E-state index in [1.807, 2.05) is 0 Å². The van der Waals surface area contributed by atoms with E-state index in [0.717, 1.165) is 0 Å². The molecule has 0 spiro atoms. The van der Waals surface area contributed by atoms with Gasteiger partial charge in [-0.1, -0.05) is 5.16 Å². The Bertz CT molecular complexity index is 578. The molecule has 1 aromatic heterocycles. The molecule has 0 bridgehead atoms. The average molecular weight is 269 g/mol. The van der Waals surface area contributed by atoms with E-state index in [-0.39, 0.29) is 0 Å². The second-order valence-electron chi connectivity index (χ2n) is 3.83. The molecule has 8 heteroatoms. The van der Waals surface area contributed by atoms with Gasteiger partial charge >= 0.3 is 0 Å². The number of non-ortho nitro benzene ring substituents is 1. The van der Waals surface area contributed by atoms with Crippen molar-refractivity contribution in [2.24, 2.45) is 0 Å². The number of benzene rings is 1. The van der Waals surface area contributed by atoms with Crippen molar-refractivity contribution in [2.45, 2.75) is 13.0 Å². The highest BCUT2D eigenvalue weighted by molar-refractivity contribution is 5.52. The van der Waals surface area contributed by atoms with Crippen LogP contribution in [0.15, 0.2) is 29.0 Å². The highest BCUT2D eigenvalue weighted by Gasteiger charge is 2.19. The number of rotatable bonds is 4. The van der Waals surface area contributed by atoms with Crippen LogP contribution in [0.1, 0.15) is 18.7 Å². The second-order valence-corrected chi connectivity index (χ2v) is 3.83. The largest absolute Gasteiger partial charge is 0.372 e. The zero-order chi connectivity index (χ0) is 14.0. The summed E-state index contributed by atoms with van der Waals surface area (Å²) in [6.07, 6.45) is 1.33. The third kappa shape index (κ3) is 2.67. The Labute approximate surface area is 106 Å². The van der Waals surface area contributed by atoms with Gasteiger partial charge in [0.2, 0.25) is 0 Å². The summed E-state index contributed by atoms with van der Waals surface area (Å²) in [5, 5.41) is 16.6. The number of hydrogen-bond donors (Lipinski definition) is 1. The summed E-state index contributed by atoms with van der Waals surface area (Å²) in [4.78, 5) is 9.59. The highest BCUT2D eigenvalue weighted by atomic mass is 19.1. The lowest BCUT2D eigenvalue weighted by Gasteiger charge is -2.13. The van der Waals surface area contributed by atoms with Crippen molar-refractivity contribution in [3.8, 4) is 0 Å². The number of anilines is 1. The number of nitrogens with one attached hydrogen (secondary N) is 1. The van der Waals surface area contributed by atoms with Gasteiger partial charge in [0, 0.05) is 6.07 Å². The Balaban J connectivity index is 2.28. The van der Waals surface area contributed by atoms with Crippen molar-refractivity contribution in [1.29, 1.82) is 0 Å². The summed E-state index contributed by atoms with van der Waals surface area (Å²) >= 11 is 0. The Morgan fingerprint density at radius 3 is 2.53 bits per heavy atom. The molecule has 1 N–H and O–H groups in total. The van der Waals surface area contributed by atoms with Crippen molar-refractivity contribution in [2.75, 3.05) is 5.32 Å². The summed E-state index contributed by atoms with van der Waals surface area (Å²) in [7, 11) is 0. The molecule has 0 saturated carbocycles. The van der Waals surface area contributed by atoms with Gasteiger partial charge in [0.15, 0.2) is 11.6 Å². The standard InChI is InChI=1S/C11H9F2N3O3/c1-6(10-2-3-19-15-10)14-11-8(12)4-7(16(17)18)5-9(11)13/h2-6,14H,1H3/t6-/m1/s1. The van der Waals surface area contributed by atoms with Crippen LogP contribution < -0.4 is 5.32 Å². The summed E-state index contributed by atoms with van der Waals surface area (Å²) in [5.74, 6) is -2.08. The lowest BCUT2D eigenvalue weighted by atomic mass is 10.2. The monoisotopic (exact) mass is 269 g/mol. The smallest absolute Gasteiger partial charge is 0.275 e. The predicted octanol–water partition coefficient (Wildman–Crippen LogP) is 3.03. The number of nitrogens with zero attached hydrogens (tertiary/aromatic N) is 2. The molecule has 0 amide bonds. The van der Waals surface area contributed by atoms with Gasteiger partial charge in [-0.2, -0.15) is 0 Å². The van der Waals surface area contributed by atoms with Crippen LogP contribution in [0.3, 0.4) is 0 Å². The zero-order valence-corrected chi connectivity index (χ0v) is 9.76. The van der Waals surface area contributed by atoms with Crippen LogP contribution in [0.5, 0.6) is 0 Å². The minimum absolute atomic E-state index is 0.443. The molecular weight excluding hydrogens is 260 g/mol. The normalized spacial score (nSPS) is 12.2. The van der Waals surface area contributed by atoms with Crippen LogP contribution >= 0.6 is 0 Å². The Kier molecular flexibility index (Phi) is 3.41. The molecule has 0 fully saturated rings. The topological polar surface area (TPSA) is 81.2 Å². The van der Waals surface area contributed by atoms with Gasteiger partial charge in [-0.25, -0.2) is 8.78 Å². The third-order valence-corrected chi connectivity index (χ3v) is 2.50. The van der Waals surface area contributed by atoms with Gasteiger partial charge in [-0.3, -0.25) is 10.1 Å². The number of halogens is 2. The molecule has 0 aliphatic rings. The Hall–Kier alpha value is -2.51. The molecule has 1 heterocycles. The number of aromatic nitrogens is 1. The molecule has 19 heavy (non-hydrogen) atoms. The van der Waals surface area contributed by atoms with Gasteiger partial charge in [-0.05, 0) is 6.92 Å².